The summed E-state index contributed by atoms with van der Waals surface area (Å²) in [6, 6.07) is 10.4. The fourth-order valence-electron chi connectivity index (χ4n) is 2.57. The van der Waals surface area contributed by atoms with Gasteiger partial charge in [0.1, 0.15) is 0 Å². The number of aromatic nitrogens is 2. The lowest BCUT2D eigenvalue weighted by molar-refractivity contribution is -0.119. The predicted molar refractivity (Wildman–Crippen MR) is 99.5 cm³/mol. The molecular formula is C16H21N5O2S2. The summed E-state index contributed by atoms with van der Waals surface area (Å²) in [4.78, 5) is 14.3. The van der Waals surface area contributed by atoms with E-state index in [2.05, 4.69) is 44.7 Å². The van der Waals surface area contributed by atoms with Crippen molar-refractivity contribution in [2.75, 3.05) is 37.7 Å². The number of carbonyl (C=O) groups excluding carboxylic acids is 1. The summed E-state index contributed by atoms with van der Waals surface area (Å²) >= 11 is 2.62. The van der Waals surface area contributed by atoms with Crippen molar-refractivity contribution >= 4 is 34.1 Å². The Kier molecular flexibility index (Phi) is 6.62. The summed E-state index contributed by atoms with van der Waals surface area (Å²) in [6.45, 7) is 3.83. The van der Waals surface area contributed by atoms with E-state index in [4.69, 9.17) is 10.5 Å². The van der Waals surface area contributed by atoms with Gasteiger partial charge in [0.05, 0.1) is 18.5 Å². The highest BCUT2D eigenvalue weighted by molar-refractivity contribution is 8.01. The molecule has 0 spiro atoms. The number of anilines is 1. The summed E-state index contributed by atoms with van der Waals surface area (Å²) in [7, 11) is 0. The van der Waals surface area contributed by atoms with Gasteiger partial charge in [-0.1, -0.05) is 53.4 Å². The summed E-state index contributed by atoms with van der Waals surface area (Å²) in [5.41, 5.74) is 6.81. The second kappa shape index (κ2) is 9.14. The van der Waals surface area contributed by atoms with Gasteiger partial charge >= 0.3 is 0 Å². The minimum absolute atomic E-state index is 0.0172. The van der Waals surface area contributed by atoms with Gasteiger partial charge in [-0.25, -0.2) is 0 Å². The van der Waals surface area contributed by atoms with E-state index in [1.54, 1.807) is 0 Å². The van der Waals surface area contributed by atoms with Crippen LogP contribution in [0.25, 0.3) is 0 Å². The highest BCUT2D eigenvalue weighted by Gasteiger charge is 2.21. The molecule has 134 valence electrons. The van der Waals surface area contributed by atoms with Gasteiger partial charge in [0.2, 0.25) is 11.0 Å². The molecule has 1 saturated heterocycles. The molecule has 0 aliphatic carbocycles. The van der Waals surface area contributed by atoms with Crippen LogP contribution in [0.5, 0.6) is 0 Å². The topological polar surface area (TPSA) is 93.4 Å². The van der Waals surface area contributed by atoms with Crippen molar-refractivity contribution in [2.45, 2.75) is 17.0 Å². The van der Waals surface area contributed by atoms with Gasteiger partial charge in [-0.05, 0) is 5.56 Å². The Bertz CT molecular complexity index is 682. The molecule has 1 fully saturated rings. The Morgan fingerprint density at radius 1 is 1.40 bits per heavy atom. The zero-order valence-electron chi connectivity index (χ0n) is 13.8. The van der Waals surface area contributed by atoms with Gasteiger partial charge < -0.3 is 15.8 Å². The number of nitrogen functional groups attached to an aromatic ring is 1. The lowest BCUT2D eigenvalue weighted by Crippen LogP contribution is -2.47. The number of thioether (sulfide) groups is 1. The Hall–Kier alpha value is -1.68. The number of benzene rings is 1. The molecule has 0 radical (unpaired) electrons. The average Bonchev–Trinajstić information content (AvgIpc) is 3.05. The number of amides is 1. The molecule has 1 aromatic heterocycles. The normalized spacial score (nSPS) is 18.2. The summed E-state index contributed by atoms with van der Waals surface area (Å²) in [5.74, 6) is 0.261. The molecule has 3 N–H and O–H groups in total. The van der Waals surface area contributed by atoms with Crippen LogP contribution in [0.1, 0.15) is 5.56 Å². The number of nitrogens with one attached hydrogen (secondary N) is 1. The third-order valence-electron chi connectivity index (χ3n) is 3.75. The fourth-order valence-corrected chi connectivity index (χ4v) is 4.04. The number of hydrogen-bond acceptors (Lipinski definition) is 8. The van der Waals surface area contributed by atoms with E-state index in [1.807, 2.05) is 6.07 Å². The number of nitrogens with two attached hydrogens (primary N) is 1. The van der Waals surface area contributed by atoms with Crippen molar-refractivity contribution in [3.63, 3.8) is 0 Å². The van der Waals surface area contributed by atoms with Crippen LogP contribution in [0.2, 0.25) is 0 Å². The number of carbonyl (C=O) groups is 1. The first-order chi connectivity index (χ1) is 12.2. The first kappa shape index (κ1) is 18.1. The molecule has 1 aliphatic rings. The van der Waals surface area contributed by atoms with E-state index >= 15 is 0 Å². The second-order valence-corrected chi connectivity index (χ2v) is 7.94. The maximum absolute atomic E-state index is 12.0. The molecule has 2 aromatic rings. The lowest BCUT2D eigenvalue weighted by Gasteiger charge is -2.33. The first-order valence-electron chi connectivity index (χ1n) is 8.05. The van der Waals surface area contributed by atoms with Gasteiger partial charge in [0.25, 0.3) is 0 Å². The monoisotopic (exact) mass is 379 g/mol. The molecule has 25 heavy (non-hydrogen) atoms. The van der Waals surface area contributed by atoms with Crippen LogP contribution >= 0.6 is 23.1 Å². The molecule has 0 saturated carbocycles. The van der Waals surface area contributed by atoms with E-state index in [0.29, 0.717) is 28.4 Å². The van der Waals surface area contributed by atoms with E-state index < -0.39 is 0 Å². The van der Waals surface area contributed by atoms with Gasteiger partial charge in [-0.15, -0.1) is 10.2 Å². The minimum atomic E-state index is -0.0393. The van der Waals surface area contributed by atoms with E-state index in [9.17, 15) is 4.79 Å². The Balaban J connectivity index is 1.38. The molecule has 9 heteroatoms. The standard InChI is InChI=1S/C16H21N5O2S2/c17-15-19-20-16(25-15)24-11-14(22)18-8-13-10-21(6-7-23-13)9-12-4-2-1-3-5-12/h1-5,13H,6-11H2,(H2,17,19)(H,18,22)/t13-/m0/s1. The summed E-state index contributed by atoms with van der Waals surface area (Å²) < 4.78 is 6.47. The fraction of sp³-hybridized carbons (Fsp3) is 0.438. The van der Waals surface area contributed by atoms with Crippen LogP contribution in [-0.2, 0) is 16.1 Å². The number of ether oxygens (including phenoxy) is 1. The van der Waals surface area contributed by atoms with Crippen molar-refractivity contribution < 1.29 is 9.53 Å². The molecule has 1 amide bonds. The highest BCUT2D eigenvalue weighted by atomic mass is 32.2. The van der Waals surface area contributed by atoms with Crippen molar-refractivity contribution in [3.05, 3.63) is 35.9 Å². The van der Waals surface area contributed by atoms with E-state index in [-0.39, 0.29) is 12.0 Å². The van der Waals surface area contributed by atoms with Crippen LogP contribution in [0.4, 0.5) is 5.13 Å². The van der Waals surface area contributed by atoms with Gasteiger partial charge in [0.15, 0.2) is 4.34 Å². The van der Waals surface area contributed by atoms with Gasteiger partial charge in [-0.2, -0.15) is 0 Å². The molecule has 0 unspecified atom stereocenters. The molecular weight excluding hydrogens is 358 g/mol. The van der Waals surface area contributed by atoms with Gasteiger partial charge in [-0.3, -0.25) is 9.69 Å². The maximum Gasteiger partial charge on any atom is 0.230 e. The largest absolute Gasteiger partial charge is 0.374 e. The third-order valence-corrected chi connectivity index (χ3v) is 5.63. The van der Waals surface area contributed by atoms with E-state index in [1.165, 1.54) is 28.7 Å². The van der Waals surface area contributed by atoms with Crippen molar-refractivity contribution in [2.24, 2.45) is 0 Å². The highest BCUT2D eigenvalue weighted by Crippen LogP contribution is 2.23. The molecule has 1 aromatic carbocycles. The van der Waals surface area contributed by atoms with Crippen LogP contribution in [-0.4, -0.2) is 59.1 Å². The molecule has 1 aliphatic heterocycles. The molecule has 3 rings (SSSR count). The van der Waals surface area contributed by atoms with Crippen LogP contribution in [0.3, 0.4) is 0 Å². The Morgan fingerprint density at radius 2 is 2.24 bits per heavy atom. The number of hydrogen-bond donors (Lipinski definition) is 2. The Morgan fingerprint density at radius 3 is 3.00 bits per heavy atom. The minimum Gasteiger partial charge on any atom is -0.374 e. The maximum atomic E-state index is 12.0. The quantitative estimate of drug-likeness (QED) is 0.699. The second-order valence-electron chi connectivity index (χ2n) is 5.71. The zero-order chi connectivity index (χ0) is 17.5. The lowest BCUT2D eigenvalue weighted by atomic mass is 10.2. The van der Waals surface area contributed by atoms with Crippen LogP contribution in [0.15, 0.2) is 34.7 Å². The molecule has 1 atom stereocenters. The average molecular weight is 380 g/mol. The van der Waals surface area contributed by atoms with Crippen LogP contribution < -0.4 is 11.1 Å². The first-order valence-corrected chi connectivity index (χ1v) is 9.85. The zero-order valence-corrected chi connectivity index (χ0v) is 15.4. The summed E-state index contributed by atoms with van der Waals surface area (Å²) in [6.07, 6.45) is 0.0172. The van der Waals surface area contributed by atoms with Crippen LogP contribution in [0, 0.1) is 0 Å². The van der Waals surface area contributed by atoms with Gasteiger partial charge in [0, 0.05) is 26.2 Å². The van der Waals surface area contributed by atoms with E-state index in [0.717, 1.165) is 19.6 Å². The number of nitrogens with zero attached hydrogens (tertiary/aromatic N) is 3. The predicted octanol–water partition coefficient (Wildman–Crippen LogP) is 1.23. The third kappa shape index (κ3) is 5.96. The summed E-state index contributed by atoms with van der Waals surface area (Å²) in [5, 5.41) is 10.9. The van der Waals surface area contributed by atoms with Crippen molar-refractivity contribution in [1.82, 2.24) is 20.4 Å². The SMILES string of the molecule is Nc1nnc(SCC(=O)NC[C@H]2CN(Cc3ccccc3)CCO2)s1. The molecule has 0 bridgehead atoms. The smallest absolute Gasteiger partial charge is 0.230 e. The molecule has 7 nitrogen and oxygen atoms in total. The van der Waals surface area contributed by atoms with Crippen molar-refractivity contribution in [1.29, 1.82) is 0 Å². The number of morpholine rings is 1. The number of rotatable bonds is 7. The van der Waals surface area contributed by atoms with Crippen molar-refractivity contribution in [3.8, 4) is 0 Å². The molecule has 2 heterocycles. The Labute approximate surface area is 154 Å².